The number of ether oxygens (including phenoxy) is 1. The Balaban J connectivity index is 1.43. The molecule has 9 nitrogen and oxygen atoms in total. The number of rotatable bonds is 6. The zero-order valence-electron chi connectivity index (χ0n) is 17.3. The maximum atomic E-state index is 13.7. The molecule has 1 amide bonds. The predicted molar refractivity (Wildman–Crippen MR) is 112 cm³/mol. The Morgan fingerprint density at radius 1 is 1.09 bits per heavy atom. The molecule has 0 aliphatic heterocycles. The van der Waals surface area contributed by atoms with Gasteiger partial charge in [0, 0.05) is 23.8 Å². The van der Waals surface area contributed by atoms with Gasteiger partial charge in [0.15, 0.2) is 11.6 Å². The van der Waals surface area contributed by atoms with Crippen LogP contribution in [0.3, 0.4) is 0 Å². The first-order valence-electron chi connectivity index (χ1n) is 9.67. The lowest BCUT2D eigenvalue weighted by Crippen LogP contribution is -2.27. The van der Waals surface area contributed by atoms with E-state index in [-0.39, 0.29) is 29.4 Å². The number of esters is 1. The summed E-state index contributed by atoms with van der Waals surface area (Å²) in [5, 5.41) is 9.49. The molecule has 2 aromatic carbocycles. The fourth-order valence-corrected chi connectivity index (χ4v) is 2.87. The van der Waals surface area contributed by atoms with E-state index in [1.165, 1.54) is 47.5 Å². The average Bonchev–Trinajstić information content (AvgIpc) is 3.22. The molecule has 0 saturated heterocycles. The van der Waals surface area contributed by atoms with Gasteiger partial charge in [0.1, 0.15) is 12.3 Å². The van der Waals surface area contributed by atoms with E-state index in [9.17, 15) is 31.5 Å². The molecule has 2 N–H and O–H groups in total. The highest BCUT2D eigenvalue weighted by molar-refractivity contribution is 5.90. The van der Waals surface area contributed by atoms with Crippen LogP contribution < -0.4 is 15.4 Å². The molecule has 4 aromatic rings. The number of carbonyl (C=O) groups excluding carboxylic acids is 2. The van der Waals surface area contributed by atoms with Crippen LogP contribution in [0.25, 0.3) is 10.9 Å². The van der Waals surface area contributed by atoms with E-state index < -0.39 is 29.7 Å². The molecule has 0 atom stereocenters. The van der Waals surface area contributed by atoms with Gasteiger partial charge in [-0.15, -0.1) is 0 Å². The molecule has 2 heterocycles. The third-order valence-corrected chi connectivity index (χ3v) is 4.42. The molecular formula is C21H13F5N6O3. The number of amides is 1. The molecule has 180 valence electrons. The summed E-state index contributed by atoms with van der Waals surface area (Å²) in [4.78, 5) is 31.4. The van der Waals surface area contributed by atoms with Crippen molar-refractivity contribution in [2.75, 3.05) is 10.6 Å². The molecule has 4 rings (SSSR count). The monoisotopic (exact) mass is 492 g/mol. The number of alkyl halides is 3. The number of hydrogen-bond acceptors (Lipinski definition) is 7. The maximum Gasteiger partial charge on any atom is 0.491 e. The molecule has 14 heteroatoms. The molecular weight excluding hydrogens is 479 g/mol. The molecule has 35 heavy (non-hydrogen) atoms. The van der Waals surface area contributed by atoms with E-state index in [0.29, 0.717) is 11.1 Å². The lowest BCUT2D eigenvalue weighted by atomic mass is 10.2. The van der Waals surface area contributed by atoms with Gasteiger partial charge >= 0.3 is 12.1 Å². The van der Waals surface area contributed by atoms with Crippen LogP contribution in [0.15, 0.2) is 55.0 Å². The van der Waals surface area contributed by atoms with E-state index in [2.05, 4.69) is 30.4 Å². The number of benzene rings is 2. The molecule has 0 aliphatic rings. The summed E-state index contributed by atoms with van der Waals surface area (Å²) in [5.41, 5.74) is 0.234. The quantitative estimate of drug-likeness (QED) is 0.238. The summed E-state index contributed by atoms with van der Waals surface area (Å²) < 4.78 is 69.7. The zero-order valence-corrected chi connectivity index (χ0v) is 17.3. The first-order chi connectivity index (χ1) is 16.6. The summed E-state index contributed by atoms with van der Waals surface area (Å²) in [6, 6.07) is 7.07. The van der Waals surface area contributed by atoms with Gasteiger partial charge < -0.3 is 15.4 Å². The van der Waals surface area contributed by atoms with E-state index in [1.54, 1.807) is 0 Å². The van der Waals surface area contributed by atoms with Crippen molar-refractivity contribution in [2.24, 2.45) is 0 Å². The summed E-state index contributed by atoms with van der Waals surface area (Å²) in [5.74, 6) is -5.61. The number of hydrogen-bond donors (Lipinski definition) is 2. The Hall–Kier alpha value is -4.62. The van der Waals surface area contributed by atoms with Gasteiger partial charge in [-0.1, -0.05) is 6.07 Å². The van der Waals surface area contributed by atoms with E-state index in [0.717, 1.165) is 12.1 Å². The predicted octanol–water partition coefficient (Wildman–Crippen LogP) is 3.95. The second-order valence-electron chi connectivity index (χ2n) is 7.00. The molecule has 0 spiro atoms. The molecule has 0 fully saturated rings. The fraction of sp³-hybridized carbons (Fsp3) is 0.0952. The summed E-state index contributed by atoms with van der Waals surface area (Å²) in [7, 11) is 0. The minimum atomic E-state index is -5.14. The third kappa shape index (κ3) is 5.66. The summed E-state index contributed by atoms with van der Waals surface area (Å²) >= 11 is 0. The second-order valence-corrected chi connectivity index (χ2v) is 7.00. The van der Waals surface area contributed by atoms with Gasteiger partial charge in [-0.25, -0.2) is 23.5 Å². The second kappa shape index (κ2) is 9.32. The van der Waals surface area contributed by atoms with E-state index >= 15 is 0 Å². The minimum absolute atomic E-state index is 0.0441. The number of nitrogens with zero attached hydrogens (tertiary/aromatic N) is 4. The van der Waals surface area contributed by atoms with Gasteiger partial charge in [-0.3, -0.25) is 9.48 Å². The third-order valence-electron chi connectivity index (χ3n) is 4.42. The van der Waals surface area contributed by atoms with Gasteiger partial charge in [0.25, 0.3) is 0 Å². The van der Waals surface area contributed by atoms with Crippen LogP contribution in [-0.2, 0) is 16.1 Å². The van der Waals surface area contributed by atoms with Crippen LogP contribution in [-0.4, -0.2) is 37.8 Å². The molecule has 0 unspecified atom stereocenters. The van der Waals surface area contributed by atoms with Crippen molar-refractivity contribution in [2.45, 2.75) is 12.7 Å². The Bertz CT molecular complexity index is 1420. The molecule has 0 bridgehead atoms. The number of anilines is 3. The Morgan fingerprint density at radius 2 is 1.89 bits per heavy atom. The highest BCUT2D eigenvalue weighted by atomic mass is 19.4. The van der Waals surface area contributed by atoms with Gasteiger partial charge in [-0.05, 0) is 24.3 Å². The van der Waals surface area contributed by atoms with Crippen molar-refractivity contribution in [1.82, 2.24) is 19.7 Å². The molecule has 2 aromatic heterocycles. The van der Waals surface area contributed by atoms with E-state index in [4.69, 9.17) is 0 Å². The van der Waals surface area contributed by atoms with Crippen molar-refractivity contribution in [3.8, 4) is 5.75 Å². The van der Waals surface area contributed by atoms with Crippen molar-refractivity contribution < 1.29 is 36.3 Å². The lowest BCUT2D eigenvalue weighted by Gasteiger charge is -2.08. The number of carbonyl (C=O) groups is 2. The Morgan fingerprint density at radius 3 is 2.66 bits per heavy atom. The van der Waals surface area contributed by atoms with Crippen molar-refractivity contribution in [3.05, 3.63) is 66.6 Å². The number of fused-ring (bicyclic) bond motifs is 1. The smallest absolute Gasteiger partial charge is 0.420 e. The molecule has 0 saturated carbocycles. The maximum absolute atomic E-state index is 13.7. The zero-order chi connectivity index (χ0) is 25.2. The minimum Gasteiger partial charge on any atom is -0.420 e. The first kappa shape index (κ1) is 23.5. The Labute approximate surface area is 192 Å². The van der Waals surface area contributed by atoms with Crippen LogP contribution in [0.5, 0.6) is 5.75 Å². The average molecular weight is 492 g/mol. The largest absolute Gasteiger partial charge is 0.491 e. The van der Waals surface area contributed by atoms with Crippen molar-refractivity contribution in [1.29, 1.82) is 0 Å². The lowest BCUT2D eigenvalue weighted by molar-refractivity contribution is -0.189. The highest BCUT2D eigenvalue weighted by Gasteiger charge is 2.41. The van der Waals surface area contributed by atoms with Crippen LogP contribution in [0.1, 0.15) is 0 Å². The summed E-state index contributed by atoms with van der Waals surface area (Å²) in [6.07, 6.45) is -0.997. The summed E-state index contributed by atoms with van der Waals surface area (Å²) in [6.45, 7) is -0.315. The molecule has 0 aliphatic carbocycles. The molecule has 0 radical (unpaired) electrons. The normalized spacial score (nSPS) is 11.3. The fourth-order valence-electron chi connectivity index (χ4n) is 2.87. The topological polar surface area (TPSA) is 111 Å². The van der Waals surface area contributed by atoms with E-state index in [1.807, 2.05) is 0 Å². The Kier molecular flexibility index (Phi) is 6.27. The van der Waals surface area contributed by atoms with Crippen LogP contribution in [0, 0.1) is 11.6 Å². The number of aromatic nitrogens is 4. The number of nitrogens with one attached hydrogen (secondary N) is 2. The standard InChI is InChI=1S/C21H13F5N6O3/c22-14-2-1-3-15(18(14)23)30-17(33)10-32-9-12(8-28-32)29-20-27-7-11-4-5-13(6-16(11)31-20)35-19(34)21(24,25)26/h1-9H,10H2,(H,30,33)(H,27,29,31). The highest BCUT2D eigenvalue weighted by Crippen LogP contribution is 2.24. The van der Waals surface area contributed by atoms with Crippen LogP contribution >= 0.6 is 0 Å². The van der Waals surface area contributed by atoms with Gasteiger partial charge in [-0.2, -0.15) is 18.3 Å². The SMILES string of the molecule is O=C(Cn1cc(Nc2ncc3ccc(OC(=O)C(F)(F)F)cc3n2)cn1)Nc1cccc(F)c1F. The van der Waals surface area contributed by atoms with Crippen LogP contribution in [0.4, 0.5) is 39.3 Å². The van der Waals surface area contributed by atoms with Gasteiger partial charge in [0.05, 0.1) is 23.1 Å². The van der Waals surface area contributed by atoms with Crippen molar-refractivity contribution >= 4 is 40.1 Å². The first-order valence-corrected chi connectivity index (χ1v) is 9.67. The number of halogens is 5. The van der Waals surface area contributed by atoms with Crippen LogP contribution in [0.2, 0.25) is 0 Å². The van der Waals surface area contributed by atoms with Crippen molar-refractivity contribution in [3.63, 3.8) is 0 Å². The van der Waals surface area contributed by atoms with Gasteiger partial charge in [0.2, 0.25) is 11.9 Å².